The molecule has 0 atom stereocenters. The van der Waals surface area contributed by atoms with E-state index in [4.69, 9.17) is 24.9 Å². The van der Waals surface area contributed by atoms with Gasteiger partial charge >= 0.3 is 0 Å². The summed E-state index contributed by atoms with van der Waals surface area (Å²) in [6.45, 7) is 0. The molecule has 0 aliphatic heterocycles. The zero-order valence-electron chi connectivity index (χ0n) is 32.6. The van der Waals surface area contributed by atoms with Crippen molar-refractivity contribution in [3.63, 3.8) is 0 Å². The molecule has 61 heavy (non-hydrogen) atoms. The van der Waals surface area contributed by atoms with E-state index in [9.17, 15) is 0 Å². The highest BCUT2D eigenvalue weighted by atomic mass is 16.5. The lowest BCUT2D eigenvalue weighted by atomic mass is 10.1. The zero-order valence-corrected chi connectivity index (χ0v) is 32.6. The molecule has 0 unspecified atom stereocenters. The molecule has 0 N–H and O–H groups in total. The zero-order chi connectivity index (χ0) is 40.3. The van der Waals surface area contributed by atoms with Gasteiger partial charge in [0.2, 0.25) is 0 Å². The van der Waals surface area contributed by atoms with Crippen LogP contribution >= 0.6 is 0 Å². The Hall–Kier alpha value is -8.56. The molecule has 6 aromatic carbocycles. The van der Waals surface area contributed by atoms with Crippen LogP contribution in [0.5, 0.6) is 11.5 Å². The lowest BCUT2D eigenvalue weighted by Crippen LogP contribution is -1.96. The van der Waals surface area contributed by atoms with E-state index in [0.717, 1.165) is 78.1 Å². The van der Waals surface area contributed by atoms with Gasteiger partial charge in [-0.2, -0.15) is 10.2 Å². The fraction of sp³-hybridized carbons (Fsp3) is 0. The third kappa shape index (κ3) is 5.94. The van der Waals surface area contributed by atoms with E-state index >= 15 is 0 Å². The minimum absolute atomic E-state index is 0.704. The van der Waals surface area contributed by atoms with Crippen LogP contribution in [0.3, 0.4) is 0 Å². The van der Waals surface area contributed by atoms with Crippen LogP contribution in [-0.2, 0) is 0 Å². The predicted octanol–water partition coefficient (Wildman–Crippen LogP) is 12.2. The molecule has 0 spiro atoms. The van der Waals surface area contributed by atoms with Crippen LogP contribution in [0.2, 0.25) is 0 Å². The summed E-state index contributed by atoms with van der Waals surface area (Å²) in [5.41, 5.74) is 12.2. The standard InChI is InChI=1S/C52H34N8O/c1-3-17-49-45(13-1)47-15-7-27-53-51(47)59(49)39-23-19-35(20-24-39)37-31-55-57(33-37)41-9-5-11-43(29-41)61-44-12-6-10-42(30-44)58-34-38(32-56-58)36-21-25-40(26-22-36)60-50-18-4-2-14-46(50)48-16-8-28-54-52(48)60/h1-34H. The predicted molar refractivity (Wildman–Crippen MR) is 242 cm³/mol. The number of hydrogen-bond acceptors (Lipinski definition) is 5. The van der Waals surface area contributed by atoms with Gasteiger partial charge in [0.05, 0.1) is 34.8 Å². The molecule has 288 valence electrons. The molecule has 0 amide bonds. The number of nitrogens with zero attached hydrogens (tertiary/aromatic N) is 8. The highest BCUT2D eigenvalue weighted by Gasteiger charge is 2.15. The second kappa shape index (κ2) is 14.1. The van der Waals surface area contributed by atoms with Crippen LogP contribution in [0.4, 0.5) is 0 Å². The summed E-state index contributed by atoms with van der Waals surface area (Å²) in [6.07, 6.45) is 11.6. The molecule has 6 aromatic heterocycles. The molecule has 9 heteroatoms. The normalized spacial score (nSPS) is 11.6. The number of aromatic nitrogens is 8. The number of fused-ring (bicyclic) bond motifs is 6. The van der Waals surface area contributed by atoms with E-state index in [-0.39, 0.29) is 0 Å². The number of rotatable bonds is 8. The Morgan fingerprint density at radius 3 is 1.28 bits per heavy atom. The van der Waals surface area contributed by atoms with Crippen LogP contribution in [0, 0.1) is 0 Å². The fourth-order valence-corrected chi connectivity index (χ4v) is 8.46. The van der Waals surface area contributed by atoms with Crippen molar-refractivity contribution in [2.24, 2.45) is 0 Å². The fourth-order valence-electron chi connectivity index (χ4n) is 8.46. The molecule has 0 saturated heterocycles. The SMILES string of the molecule is c1cc(Oc2cccc(-n3cc(-c4ccc(-n5c6ccccc6c6cccnc65)cc4)cn3)c2)cc(-n2cc(-c3ccc(-n4c5ccccc5c5cccnc54)cc3)cn2)c1. The molecule has 0 radical (unpaired) electrons. The third-order valence-electron chi connectivity index (χ3n) is 11.4. The number of hydrogen-bond donors (Lipinski definition) is 0. The van der Waals surface area contributed by atoms with Crippen molar-refractivity contribution < 1.29 is 4.74 Å². The lowest BCUT2D eigenvalue weighted by Gasteiger charge is -2.10. The number of ether oxygens (including phenoxy) is 1. The molecule has 6 heterocycles. The monoisotopic (exact) mass is 786 g/mol. The van der Waals surface area contributed by atoms with E-state index in [1.807, 2.05) is 107 Å². The van der Waals surface area contributed by atoms with Gasteiger partial charge in [-0.1, -0.05) is 72.8 Å². The minimum atomic E-state index is 0.704. The van der Waals surface area contributed by atoms with Crippen molar-refractivity contribution in [2.45, 2.75) is 0 Å². The second-order valence-electron chi connectivity index (χ2n) is 15.0. The largest absolute Gasteiger partial charge is 0.457 e. The van der Waals surface area contributed by atoms with Crippen LogP contribution in [0.1, 0.15) is 0 Å². The summed E-state index contributed by atoms with van der Waals surface area (Å²) in [4.78, 5) is 9.46. The van der Waals surface area contributed by atoms with Crippen molar-refractivity contribution >= 4 is 43.9 Å². The second-order valence-corrected chi connectivity index (χ2v) is 15.0. The highest BCUT2D eigenvalue weighted by Crippen LogP contribution is 2.34. The number of para-hydroxylation sites is 2. The Bertz CT molecular complexity index is 3230. The average Bonchev–Trinajstić information content (AvgIpc) is 4.14. The Labute approximate surface area is 349 Å². The summed E-state index contributed by atoms with van der Waals surface area (Å²) in [7, 11) is 0. The molecule has 0 saturated carbocycles. The summed E-state index contributed by atoms with van der Waals surface area (Å²) in [5.74, 6) is 1.41. The first-order valence-electron chi connectivity index (χ1n) is 20.1. The highest BCUT2D eigenvalue weighted by molar-refractivity contribution is 6.08. The van der Waals surface area contributed by atoms with Crippen LogP contribution in [0.25, 0.3) is 88.9 Å². The molecule has 0 fully saturated rings. The Kier molecular flexibility index (Phi) is 7.95. The van der Waals surface area contributed by atoms with Gasteiger partial charge in [-0.3, -0.25) is 9.13 Å². The van der Waals surface area contributed by atoms with Gasteiger partial charge in [-0.15, -0.1) is 0 Å². The maximum Gasteiger partial charge on any atom is 0.145 e. The van der Waals surface area contributed by atoms with Crippen molar-refractivity contribution in [1.82, 2.24) is 38.7 Å². The summed E-state index contributed by atoms with van der Waals surface area (Å²) >= 11 is 0. The summed E-state index contributed by atoms with van der Waals surface area (Å²) < 4.78 is 14.6. The lowest BCUT2D eigenvalue weighted by molar-refractivity contribution is 0.481. The van der Waals surface area contributed by atoms with E-state index in [2.05, 4.69) is 118 Å². The van der Waals surface area contributed by atoms with Crippen LogP contribution in [-0.4, -0.2) is 38.7 Å². The first-order chi connectivity index (χ1) is 30.2. The molecule has 0 aliphatic rings. The van der Waals surface area contributed by atoms with Crippen molar-refractivity contribution in [1.29, 1.82) is 0 Å². The molecule has 12 aromatic rings. The van der Waals surface area contributed by atoms with Gasteiger partial charge in [0.15, 0.2) is 0 Å². The molecule has 9 nitrogen and oxygen atoms in total. The average molecular weight is 787 g/mol. The summed E-state index contributed by atoms with van der Waals surface area (Å²) in [6, 6.07) is 58.1. The van der Waals surface area contributed by atoms with Gasteiger partial charge in [0, 0.05) is 81.0 Å². The van der Waals surface area contributed by atoms with E-state index in [0.29, 0.717) is 11.5 Å². The first-order valence-corrected chi connectivity index (χ1v) is 20.1. The van der Waals surface area contributed by atoms with Gasteiger partial charge in [0.25, 0.3) is 0 Å². The van der Waals surface area contributed by atoms with Crippen molar-refractivity contribution in [3.8, 4) is 56.5 Å². The van der Waals surface area contributed by atoms with E-state index in [1.54, 1.807) is 0 Å². The van der Waals surface area contributed by atoms with Crippen molar-refractivity contribution in [2.75, 3.05) is 0 Å². The van der Waals surface area contributed by atoms with Gasteiger partial charge in [-0.25, -0.2) is 19.3 Å². The van der Waals surface area contributed by atoms with E-state index in [1.165, 1.54) is 10.8 Å². The van der Waals surface area contributed by atoms with Crippen molar-refractivity contribution in [3.05, 3.63) is 207 Å². The van der Waals surface area contributed by atoms with Crippen LogP contribution in [0.15, 0.2) is 207 Å². The third-order valence-corrected chi connectivity index (χ3v) is 11.4. The maximum atomic E-state index is 6.41. The number of pyridine rings is 2. The first kappa shape index (κ1) is 34.5. The number of benzene rings is 6. The molecular weight excluding hydrogens is 753 g/mol. The summed E-state index contributed by atoms with van der Waals surface area (Å²) in [5, 5.41) is 14.1. The Balaban J connectivity index is 0.760. The molecule has 12 rings (SSSR count). The smallest absolute Gasteiger partial charge is 0.145 e. The minimum Gasteiger partial charge on any atom is -0.457 e. The Morgan fingerprint density at radius 2 is 0.803 bits per heavy atom. The van der Waals surface area contributed by atoms with E-state index < -0.39 is 0 Å². The molecular formula is C52H34N8O. The van der Waals surface area contributed by atoms with Gasteiger partial charge < -0.3 is 4.74 Å². The van der Waals surface area contributed by atoms with Gasteiger partial charge in [-0.05, 0) is 96.1 Å². The topological polar surface area (TPSA) is 80.5 Å². The molecule has 0 aliphatic carbocycles. The quantitative estimate of drug-likeness (QED) is 0.153. The maximum absolute atomic E-state index is 6.41. The van der Waals surface area contributed by atoms with Crippen LogP contribution < -0.4 is 4.74 Å². The molecule has 0 bridgehead atoms. The Morgan fingerprint density at radius 1 is 0.361 bits per heavy atom. The van der Waals surface area contributed by atoms with Gasteiger partial charge in [0.1, 0.15) is 22.8 Å².